The predicted octanol–water partition coefficient (Wildman–Crippen LogP) is 2.14. The van der Waals surface area contributed by atoms with Crippen molar-refractivity contribution in [2.45, 2.75) is 64.5 Å². The molecule has 0 spiro atoms. The van der Waals surface area contributed by atoms with Crippen LogP contribution < -0.4 is 0 Å². The van der Waals surface area contributed by atoms with Crippen LogP contribution in [0.1, 0.15) is 52.4 Å². The summed E-state index contributed by atoms with van der Waals surface area (Å²) in [6, 6.07) is -0.367. The number of likely N-dealkylation sites (tertiary alicyclic amines) is 1. The quantitative estimate of drug-likeness (QED) is 0.705. The fourth-order valence-corrected chi connectivity index (χ4v) is 3.29. The molecule has 1 saturated carbocycles. The number of piperidine rings is 1. The lowest BCUT2D eigenvalue weighted by molar-refractivity contribution is -0.157. The summed E-state index contributed by atoms with van der Waals surface area (Å²) >= 11 is 0. The van der Waals surface area contributed by atoms with Gasteiger partial charge in [-0.1, -0.05) is 0 Å². The molecule has 0 aromatic carbocycles. The molecule has 2 fully saturated rings. The topological polar surface area (TPSA) is 55.8 Å². The largest absolute Gasteiger partial charge is 0.464 e. The lowest BCUT2D eigenvalue weighted by Crippen LogP contribution is -2.49. The second-order valence-electron chi connectivity index (χ2n) is 5.97. The van der Waals surface area contributed by atoms with E-state index in [4.69, 9.17) is 9.47 Å². The van der Waals surface area contributed by atoms with E-state index in [1.807, 2.05) is 6.92 Å². The zero-order valence-corrected chi connectivity index (χ0v) is 13.2. The van der Waals surface area contributed by atoms with Gasteiger partial charge in [0, 0.05) is 19.6 Å². The lowest BCUT2D eigenvalue weighted by Gasteiger charge is -2.38. The van der Waals surface area contributed by atoms with Crippen LogP contribution in [0.25, 0.3) is 0 Å². The normalized spacial score (nSPS) is 28.9. The summed E-state index contributed by atoms with van der Waals surface area (Å²) in [5, 5.41) is 0. The Bertz CT molecular complexity index is 365. The van der Waals surface area contributed by atoms with Crippen molar-refractivity contribution < 1.29 is 19.1 Å². The zero-order valence-electron chi connectivity index (χ0n) is 13.2. The van der Waals surface area contributed by atoms with Crippen LogP contribution in [-0.2, 0) is 19.1 Å². The maximum absolute atomic E-state index is 12.5. The Balaban J connectivity index is 1.83. The molecule has 1 atom stereocenters. The first-order chi connectivity index (χ1) is 10.2. The van der Waals surface area contributed by atoms with Crippen LogP contribution in [0.15, 0.2) is 0 Å². The molecule has 120 valence electrons. The summed E-state index contributed by atoms with van der Waals surface area (Å²) in [4.78, 5) is 26.2. The number of nitrogens with zero attached hydrogens (tertiary/aromatic N) is 1. The molecule has 1 heterocycles. The smallest absolute Gasteiger partial charge is 0.328 e. The minimum Gasteiger partial charge on any atom is -0.464 e. The molecule has 21 heavy (non-hydrogen) atoms. The Labute approximate surface area is 127 Å². The first-order valence-electron chi connectivity index (χ1n) is 8.23. The number of hydrogen-bond donors (Lipinski definition) is 0. The van der Waals surface area contributed by atoms with Crippen molar-refractivity contribution in [2.24, 2.45) is 5.92 Å². The highest BCUT2D eigenvalue weighted by Crippen LogP contribution is 2.34. The van der Waals surface area contributed by atoms with Crippen molar-refractivity contribution in [2.75, 3.05) is 19.8 Å². The van der Waals surface area contributed by atoms with Crippen LogP contribution in [0.4, 0.5) is 0 Å². The number of amides is 1. The van der Waals surface area contributed by atoms with Crippen molar-refractivity contribution in [1.82, 2.24) is 4.90 Å². The van der Waals surface area contributed by atoms with Gasteiger partial charge in [-0.05, 0) is 51.9 Å². The van der Waals surface area contributed by atoms with Crippen molar-refractivity contribution in [3.05, 3.63) is 0 Å². The summed E-state index contributed by atoms with van der Waals surface area (Å²) in [5.74, 6) is 0.276. The van der Waals surface area contributed by atoms with Gasteiger partial charge in [0.25, 0.3) is 0 Å². The van der Waals surface area contributed by atoms with Crippen LogP contribution in [0.2, 0.25) is 0 Å². The van der Waals surface area contributed by atoms with E-state index in [0.717, 1.165) is 38.7 Å². The van der Waals surface area contributed by atoms with Crippen molar-refractivity contribution >= 4 is 11.9 Å². The monoisotopic (exact) mass is 297 g/mol. The fraction of sp³-hybridized carbons (Fsp3) is 0.875. The van der Waals surface area contributed by atoms with Gasteiger partial charge in [-0.25, -0.2) is 4.79 Å². The number of carbonyl (C=O) groups excluding carboxylic acids is 2. The van der Waals surface area contributed by atoms with E-state index in [-0.39, 0.29) is 17.9 Å². The van der Waals surface area contributed by atoms with Crippen LogP contribution in [0.5, 0.6) is 0 Å². The third-order valence-electron chi connectivity index (χ3n) is 4.44. The Morgan fingerprint density at radius 3 is 2.57 bits per heavy atom. The third-order valence-corrected chi connectivity index (χ3v) is 4.44. The Hall–Kier alpha value is -1.10. The second kappa shape index (κ2) is 7.78. The molecule has 1 saturated heterocycles. The standard InChI is InChI=1S/C16H27NO4/c1-3-20-13-9-12(10-13)11-15(18)17-8-6-5-7-14(17)16(19)21-4-2/h12-14H,3-11H2,1-2H3. The molecule has 1 aliphatic heterocycles. The molecular formula is C16H27NO4. The maximum atomic E-state index is 12.5. The molecule has 0 N–H and O–H groups in total. The fourth-order valence-electron chi connectivity index (χ4n) is 3.29. The van der Waals surface area contributed by atoms with E-state index in [2.05, 4.69) is 0 Å². The number of carbonyl (C=O) groups is 2. The van der Waals surface area contributed by atoms with Gasteiger partial charge in [0.1, 0.15) is 6.04 Å². The van der Waals surface area contributed by atoms with E-state index in [1.54, 1.807) is 11.8 Å². The first kappa shape index (κ1) is 16.3. The van der Waals surface area contributed by atoms with E-state index in [9.17, 15) is 9.59 Å². The summed E-state index contributed by atoms with van der Waals surface area (Å²) in [7, 11) is 0. The molecule has 5 nitrogen and oxygen atoms in total. The molecule has 1 aliphatic carbocycles. The van der Waals surface area contributed by atoms with Crippen LogP contribution in [0.3, 0.4) is 0 Å². The highest BCUT2D eigenvalue weighted by atomic mass is 16.5. The number of esters is 1. The maximum Gasteiger partial charge on any atom is 0.328 e. The van der Waals surface area contributed by atoms with Gasteiger partial charge >= 0.3 is 5.97 Å². The summed E-state index contributed by atoms with van der Waals surface area (Å²) < 4.78 is 10.6. The van der Waals surface area contributed by atoms with E-state index in [1.165, 1.54) is 0 Å². The van der Waals surface area contributed by atoms with Gasteiger partial charge in [0.05, 0.1) is 12.7 Å². The van der Waals surface area contributed by atoms with Gasteiger partial charge in [0.2, 0.25) is 5.91 Å². The minimum atomic E-state index is -0.367. The van der Waals surface area contributed by atoms with Gasteiger partial charge in [-0.3, -0.25) is 4.79 Å². The SMILES string of the molecule is CCOC(=O)C1CCCCN1C(=O)CC1CC(OCC)C1. The molecule has 0 aromatic heterocycles. The predicted molar refractivity (Wildman–Crippen MR) is 78.7 cm³/mol. The molecule has 1 unspecified atom stereocenters. The average Bonchev–Trinajstić information content (AvgIpc) is 2.45. The molecule has 1 amide bonds. The average molecular weight is 297 g/mol. The third kappa shape index (κ3) is 4.19. The lowest BCUT2D eigenvalue weighted by atomic mass is 9.79. The Morgan fingerprint density at radius 1 is 1.14 bits per heavy atom. The van der Waals surface area contributed by atoms with Gasteiger partial charge < -0.3 is 14.4 Å². The van der Waals surface area contributed by atoms with Crippen LogP contribution in [0, 0.1) is 5.92 Å². The summed E-state index contributed by atoms with van der Waals surface area (Å²) in [6.07, 6.45) is 5.51. The Kier molecular flexibility index (Phi) is 6.03. The first-order valence-corrected chi connectivity index (χ1v) is 8.23. The summed E-state index contributed by atoms with van der Waals surface area (Å²) in [5.41, 5.74) is 0. The molecule has 2 rings (SSSR count). The van der Waals surface area contributed by atoms with Gasteiger partial charge in [0.15, 0.2) is 0 Å². The molecule has 2 aliphatic rings. The van der Waals surface area contributed by atoms with E-state index in [0.29, 0.717) is 31.6 Å². The van der Waals surface area contributed by atoms with Crippen molar-refractivity contribution in [1.29, 1.82) is 0 Å². The highest BCUT2D eigenvalue weighted by molar-refractivity contribution is 5.85. The second-order valence-corrected chi connectivity index (χ2v) is 5.97. The Morgan fingerprint density at radius 2 is 1.90 bits per heavy atom. The van der Waals surface area contributed by atoms with Crippen molar-refractivity contribution in [3.8, 4) is 0 Å². The van der Waals surface area contributed by atoms with Crippen LogP contribution in [-0.4, -0.2) is 48.7 Å². The molecular weight excluding hydrogens is 270 g/mol. The number of ether oxygens (including phenoxy) is 2. The molecule has 0 radical (unpaired) electrons. The molecule has 0 aromatic rings. The minimum absolute atomic E-state index is 0.104. The summed E-state index contributed by atoms with van der Waals surface area (Å²) in [6.45, 7) is 5.59. The van der Waals surface area contributed by atoms with Crippen LogP contribution >= 0.6 is 0 Å². The molecule has 5 heteroatoms. The van der Waals surface area contributed by atoms with Gasteiger partial charge in [-0.15, -0.1) is 0 Å². The van der Waals surface area contributed by atoms with Gasteiger partial charge in [-0.2, -0.15) is 0 Å². The highest BCUT2D eigenvalue weighted by Gasteiger charge is 2.37. The molecule has 0 bridgehead atoms. The zero-order chi connectivity index (χ0) is 15.2. The number of hydrogen-bond acceptors (Lipinski definition) is 4. The van der Waals surface area contributed by atoms with E-state index < -0.39 is 0 Å². The van der Waals surface area contributed by atoms with E-state index >= 15 is 0 Å². The number of rotatable bonds is 6. The van der Waals surface area contributed by atoms with Crippen molar-refractivity contribution in [3.63, 3.8) is 0 Å².